The topological polar surface area (TPSA) is 102 Å². The second-order valence-electron chi connectivity index (χ2n) is 6.80. The lowest BCUT2D eigenvalue weighted by molar-refractivity contribution is -0.384. The van der Waals surface area contributed by atoms with Crippen LogP contribution >= 0.6 is 11.6 Å². The van der Waals surface area contributed by atoms with Crippen LogP contribution in [0.2, 0.25) is 5.02 Å². The molecule has 2 rings (SSSR count). The molecule has 8 nitrogen and oxygen atoms in total. The Kier molecular flexibility index (Phi) is 7.15. The largest absolute Gasteiger partial charge is 0.375 e. The van der Waals surface area contributed by atoms with Gasteiger partial charge >= 0.3 is 0 Å². The summed E-state index contributed by atoms with van der Waals surface area (Å²) >= 11 is 6.02. The molecule has 1 aromatic carbocycles. The molecule has 0 unspecified atom stereocenters. The summed E-state index contributed by atoms with van der Waals surface area (Å²) in [5, 5.41) is 13.5. The monoisotopic (exact) mass is 397 g/mol. The predicted octanol–water partition coefficient (Wildman–Crippen LogP) is 2.64. The molecule has 1 N–H and O–H groups in total. The lowest BCUT2D eigenvalue weighted by Gasteiger charge is -2.35. The van der Waals surface area contributed by atoms with Gasteiger partial charge in [-0.2, -0.15) is 0 Å². The van der Waals surface area contributed by atoms with E-state index in [1.165, 1.54) is 12.1 Å². The molecule has 27 heavy (non-hydrogen) atoms. The quantitative estimate of drug-likeness (QED) is 0.587. The zero-order valence-corrected chi connectivity index (χ0v) is 16.4. The van der Waals surface area contributed by atoms with Crippen molar-refractivity contribution in [2.24, 2.45) is 5.92 Å². The Morgan fingerprint density at radius 1 is 1.44 bits per heavy atom. The predicted molar refractivity (Wildman–Crippen MR) is 101 cm³/mol. The number of hydrogen-bond acceptors (Lipinski definition) is 5. The van der Waals surface area contributed by atoms with Gasteiger partial charge in [-0.3, -0.25) is 19.7 Å². The number of carbonyl (C=O) groups is 2. The van der Waals surface area contributed by atoms with E-state index in [4.69, 9.17) is 16.3 Å². The standard InChI is InChI=1S/C18H24ClN3O5/c1-4-13-10-21(7-8-27-13)18(24)16(11(2)3)20-17(23)14-6-5-12(22(25)26)9-15(14)19/h5-6,9,11,13,16H,4,7-8,10H2,1-3H3,(H,20,23)/t13-,16+/m1/s1. The van der Waals surface area contributed by atoms with Crippen LogP contribution in [0, 0.1) is 16.0 Å². The number of non-ortho nitro benzene ring substituents is 1. The zero-order valence-electron chi connectivity index (χ0n) is 15.6. The van der Waals surface area contributed by atoms with Gasteiger partial charge in [-0.15, -0.1) is 0 Å². The fourth-order valence-electron chi connectivity index (χ4n) is 2.90. The van der Waals surface area contributed by atoms with Gasteiger partial charge < -0.3 is 15.0 Å². The third-order valence-corrected chi connectivity index (χ3v) is 4.85. The molecule has 0 aromatic heterocycles. The Morgan fingerprint density at radius 2 is 2.15 bits per heavy atom. The third kappa shape index (κ3) is 5.17. The van der Waals surface area contributed by atoms with Crippen LogP contribution in [0.15, 0.2) is 18.2 Å². The van der Waals surface area contributed by atoms with Crippen LogP contribution in [-0.4, -0.2) is 53.5 Å². The molecule has 1 aromatic rings. The Bertz CT molecular complexity index is 725. The highest BCUT2D eigenvalue weighted by Gasteiger charge is 2.32. The van der Waals surface area contributed by atoms with E-state index in [1.54, 1.807) is 4.90 Å². The van der Waals surface area contributed by atoms with Crippen LogP contribution in [0.25, 0.3) is 0 Å². The number of nitro benzene ring substituents is 1. The van der Waals surface area contributed by atoms with Crippen molar-refractivity contribution in [1.29, 1.82) is 0 Å². The molecule has 2 atom stereocenters. The molecule has 1 heterocycles. The first-order chi connectivity index (χ1) is 12.7. The van der Waals surface area contributed by atoms with Gasteiger partial charge in [0, 0.05) is 25.2 Å². The van der Waals surface area contributed by atoms with Crippen LogP contribution in [0.4, 0.5) is 5.69 Å². The average Bonchev–Trinajstić information content (AvgIpc) is 2.64. The number of nitro groups is 1. The highest BCUT2D eigenvalue weighted by Crippen LogP contribution is 2.23. The number of amides is 2. The second-order valence-corrected chi connectivity index (χ2v) is 7.21. The Morgan fingerprint density at radius 3 is 2.70 bits per heavy atom. The highest BCUT2D eigenvalue weighted by molar-refractivity contribution is 6.34. The van der Waals surface area contributed by atoms with Gasteiger partial charge in [0.2, 0.25) is 5.91 Å². The van der Waals surface area contributed by atoms with Gasteiger partial charge in [0.1, 0.15) is 6.04 Å². The van der Waals surface area contributed by atoms with Crippen LogP contribution < -0.4 is 5.32 Å². The summed E-state index contributed by atoms with van der Waals surface area (Å²) in [6.07, 6.45) is 0.802. The van der Waals surface area contributed by atoms with E-state index in [-0.39, 0.29) is 34.2 Å². The molecule has 9 heteroatoms. The van der Waals surface area contributed by atoms with Gasteiger partial charge in [-0.1, -0.05) is 32.4 Å². The molecule has 2 amide bonds. The summed E-state index contributed by atoms with van der Waals surface area (Å²) in [5.41, 5.74) is -0.110. The number of halogens is 1. The number of ether oxygens (including phenoxy) is 1. The molecule has 0 aliphatic carbocycles. The fraction of sp³-hybridized carbons (Fsp3) is 0.556. The highest BCUT2D eigenvalue weighted by atomic mass is 35.5. The van der Waals surface area contributed by atoms with Crippen molar-refractivity contribution in [2.45, 2.75) is 39.3 Å². The fourth-order valence-corrected chi connectivity index (χ4v) is 3.16. The van der Waals surface area contributed by atoms with Gasteiger partial charge in [0.05, 0.1) is 28.2 Å². The number of morpholine rings is 1. The molecule has 0 saturated carbocycles. The van der Waals surface area contributed by atoms with Gasteiger partial charge in [0.25, 0.3) is 11.6 Å². The molecule has 1 aliphatic heterocycles. The Balaban J connectivity index is 2.14. The molecule has 0 spiro atoms. The minimum absolute atomic E-state index is 0.00432. The Hall–Kier alpha value is -2.19. The molecule has 0 bridgehead atoms. The van der Waals surface area contributed by atoms with Crippen LogP contribution in [-0.2, 0) is 9.53 Å². The molecule has 1 aliphatic rings. The molecular formula is C18H24ClN3O5. The lowest BCUT2D eigenvalue weighted by atomic mass is 10.0. The van der Waals surface area contributed by atoms with Crippen molar-refractivity contribution >= 4 is 29.1 Å². The molecular weight excluding hydrogens is 374 g/mol. The van der Waals surface area contributed by atoms with Crippen LogP contribution in [0.1, 0.15) is 37.6 Å². The van der Waals surface area contributed by atoms with Crippen LogP contribution in [0.3, 0.4) is 0 Å². The summed E-state index contributed by atoms with van der Waals surface area (Å²) < 4.78 is 5.59. The minimum Gasteiger partial charge on any atom is -0.375 e. The average molecular weight is 398 g/mol. The number of hydrogen-bond donors (Lipinski definition) is 1. The maximum atomic E-state index is 12.9. The summed E-state index contributed by atoms with van der Waals surface area (Å²) in [5.74, 6) is -0.846. The van der Waals surface area contributed by atoms with E-state index in [2.05, 4.69) is 5.32 Å². The van der Waals surface area contributed by atoms with Crippen molar-refractivity contribution in [3.05, 3.63) is 38.9 Å². The first-order valence-corrected chi connectivity index (χ1v) is 9.27. The van der Waals surface area contributed by atoms with Crippen LogP contribution in [0.5, 0.6) is 0 Å². The number of carbonyl (C=O) groups excluding carboxylic acids is 2. The SMILES string of the molecule is CC[C@@H]1CN(C(=O)[C@@H](NC(=O)c2ccc([N+](=O)[O-])cc2Cl)C(C)C)CCO1. The number of nitrogens with one attached hydrogen (secondary N) is 1. The number of rotatable bonds is 6. The van der Waals surface area contributed by atoms with E-state index in [0.29, 0.717) is 19.7 Å². The molecule has 1 fully saturated rings. The summed E-state index contributed by atoms with van der Waals surface area (Å²) in [6, 6.07) is 2.90. The molecule has 1 saturated heterocycles. The van der Waals surface area contributed by atoms with Gasteiger partial charge in [0.15, 0.2) is 0 Å². The zero-order chi connectivity index (χ0) is 20.1. The molecule has 148 valence electrons. The number of benzene rings is 1. The van der Waals surface area contributed by atoms with Crippen molar-refractivity contribution in [1.82, 2.24) is 10.2 Å². The van der Waals surface area contributed by atoms with Gasteiger partial charge in [-0.05, 0) is 18.4 Å². The van der Waals surface area contributed by atoms with Crippen molar-refractivity contribution < 1.29 is 19.2 Å². The smallest absolute Gasteiger partial charge is 0.270 e. The lowest BCUT2D eigenvalue weighted by Crippen LogP contribution is -2.55. The second kappa shape index (κ2) is 9.14. The Labute approximate surface area is 163 Å². The van der Waals surface area contributed by atoms with E-state index < -0.39 is 16.9 Å². The summed E-state index contributed by atoms with van der Waals surface area (Å²) in [6.45, 7) is 7.13. The minimum atomic E-state index is -0.723. The van der Waals surface area contributed by atoms with Crippen molar-refractivity contribution in [3.8, 4) is 0 Å². The van der Waals surface area contributed by atoms with E-state index in [0.717, 1.165) is 12.5 Å². The summed E-state index contributed by atoms with van der Waals surface area (Å²) in [7, 11) is 0. The first kappa shape index (κ1) is 21.1. The third-order valence-electron chi connectivity index (χ3n) is 4.53. The maximum Gasteiger partial charge on any atom is 0.270 e. The van der Waals surface area contributed by atoms with Crippen molar-refractivity contribution in [3.63, 3.8) is 0 Å². The first-order valence-electron chi connectivity index (χ1n) is 8.89. The van der Waals surface area contributed by atoms with E-state index in [1.807, 2.05) is 20.8 Å². The van der Waals surface area contributed by atoms with Gasteiger partial charge in [-0.25, -0.2) is 0 Å². The van der Waals surface area contributed by atoms with Crippen molar-refractivity contribution in [2.75, 3.05) is 19.7 Å². The molecule has 0 radical (unpaired) electrons. The normalized spacial score (nSPS) is 18.3. The van der Waals surface area contributed by atoms with E-state index in [9.17, 15) is 19.7 Å². The number of nitrogens with zero attached hydrogens (tertiary/aromatic N) is 2. The maximum absolute atomic E-state index is 12.9. The summed E-state index contributed by atoms with van der Waals surface area (Å²) in [4.78, 5) is 37.5. The van der Waals surface area contributed by atoms with E-state index >= 15 is 0 Å².